The monoisotopic (exact) mass is 595 g/mol. The molecule has 0 heterocycles. The van der Waals surface area contributed by atoms with Crippen LogP contribution in [0.5, 0.6) is 11.5 Å². The van der Waals surface area contributed by atoms with Gasteiger partial charge in [-0.2, -0.15) is 0 Å². The minimum Gasteiger partial charge on any atom is -0.493 e. The molecule has 2 amide bonds. The molecule has 0 fully saturated rings. The zero-order chi connectivity index (χ0) is 31.0. The van der Waals surface area contributed by atoms with E-state index in [1.807, 2.05) is 58.0 Å². The summed E-state index contributed by atoms with van der Waals surface area (Å²) in [4.78, 5) is 28.5. The fraction of sp³-hybridized carbons (Fsp3) is 0.375. The van der Waals surface area contributed by atoms with E-state index in [-0.39, 0.29) is 23.1 Å². The Kier molecular flexibility index (Phi) is 11.0. The Bertz CT molecular complexity index is 1500. The Morgan fingerprint density at radius 2 is 1.55 bits per heavy atom. The fourth-order valence-electron chi connectivity index (χ4n) is 4.71. The molecular formula is C32H41N3O6S. The van der Waals surface area contributed by atoms with Crippen molar-refractivity contribution in [2.45, 2.75) is 58.5 Å². The number of anilines is 1. The van der Waals surface area contributed by atoms with Crippen LogP contribution in [0.25, 0.3) is 0 Å². The Balaban J connectivity index is 2.10. The summed E-state index contributed by atoms with van der Waals surface area (Å²) in [6.45, 7) is 9.37. The Morgan fingerprint density at radius 1 is 0.881 bits per heavy atom. The zero-order valence-electron chi connectivity index (χ0n) is 25.4. The van der Waals surface area contributed by atoms with Crippen LogP contribution in [0, 0.1) is 20.8 Å². The molecule has 0 saturated carbocycles. The van der Waals surface area contributed by atoms with E-state index in [0.717, 1.165) is 33.0 Å². The number of ether oxygens (including phenoxy) is 2. The zero-order valence-corrected chi connectivity index (χ0v) is 26.2. The summed E-state index contributed by atoms with van der Waals surface area (Å²) >= 11 is 0. The van der Waals surface area contributed by atoms with Gasteiger partial charge in [0.15, 0.2) is 11.5 Å². The number of sulfonamides is 1. The van der Waals surface area contributed by atoms with E-state index < -0.39 is 28.5 Å². The van der Waals surface area contributed by atoms with Crippen LogP contribution in [0.3, 0.4) is 0 Å². The molecule has 3 aromatic rings. The molecule has 0 aliphatic heterocycles. The maximum Gasteiger partial charge on any atom is 0.264 e. The summed E-state index contributed by atoms with van der Waals surface area (Å²) in [5.41, 5.74) is 3.87. The van der Waals surface area contributed by atoms with Crippen LogP contribution in [0.2, 0.25) is 0 Å². The summed E-state index contributed by atoms with van der Waals surface area (Å²) in [7, 11) is -1.37. The first-order chi connectivity index (χ1) is 19.9. The van der Waals surface area contributed by atoms with E-state index in [0.29, 0.717) is 18.0 Å². The number of hydrogen-bond donors (Lipinski definition) is 1. The molecule has 3 rings (SSSR count). The minimum atomic E-state index is -4.26. The van der Waals surface area contributed by atoms with E-state index in [1.54, 1.807) is 19.1 Å². The van der Waals surface area contributed by atoms with Crippen LogP contribution in [0.4, 0.5) is 5.69 Å². The quantitative estimate of drug-likeness (QED) is 0.305. The molecule has 0 bridgehead atoms. The van der Waals surface area contributed by atoms with Crippen LogP contribution >= 0.6 is 0 Å². The third-order valence-electron chi connectivity index (χ3n) is 6.87. The van der Waals surface area contributed by atoms with Crippen LogP contribution < -0.4 is 19.1 Å². The molecule has 0 radical (unpaired) electrons. The van der Waals surface area contributed by atoms with E-state index in [9.17, 15) is 18.0 Å². The molecule has 0 aliphatic carbocycles. The number of carbonyl (C=O) groups is 2. The van der Waals surface area contributed by atoms with Crippen molar-refractivity contribution in [1.29, 1.82) is 0 Å². The lowest BCUT2D eigenvalue weighted by Crippen LogP contribution is -2.51. The van der Waals surface area contributed by atoms with Gasteiger partial charge in [0.05, 0.1) is 24.8 Å². The molecule has 42 heavy (non-hydrogen) atoms. The van der Waals surface area contributed by atoms with Gasteiger partial charge in [-0.1, -0.05) is 42.8 Å². The summed E-state index contributed by atoms with van der Waals surface area (Å²) < 4.78 is 40.2. The molecule has 9 nitrogen and oxygen atoms in total. The predicted molar refractivity (Wildman–Crippen MR) is 164 cm³/mol. The molecule has 1 N–H and O–H groups in total. The van der Waals surface area contributed by atoms with E-state index in [1.165, 1.54) is 37.3 Å². The first kappa shape index (κ1) is 32.5. The van der Waals surface area contributed by atoms with E-state index in [4.69, 9.17) is 9.47 Å². The van der Waals surface area contributed by atoms with Gasteiger partial charge in [0, 0.05) is 19.2 Å². The maximum absolute atomic E-state index is 14.2. The van der Waals surface area contributed by atoms with Gasteiger partial charge in [0.2, 0.25) is 11.8 Å². The van der Waals surface area contributed by atoms with Crippen molar-refractivity contribution >= 4 is 27.5 Å². The Labute approximate surface area is 249 Å². The fourth-order valence-corrected chi connectivity index (χ4v) is 6.13. The molecule has 10 heteroatoms. The summed E-state index contributed by atoms with van der Waals surface area (Å²) in [5.74, 6) is -0.202. The molecule has 0 saturated heterocycles. The van der Waals surface area contributed by atoms with E-state index in [2.05, 4.69) is 5.32 Å². The number of methoxy groups -OCH3 is 2. The van der Waals surface area contributed by atoms with E-state index >= 15 is 0 Å². The highest BCUT2D eigenvalue weighted by Crippen LogP contribution is 2.33. The highest BCUT2D eigenvalue weighted by molar-refractivity contribution is 7.92. The number of amides is 2. The molecule has 3 aromatic carbocycles. The van der Waals surface area contributed by atoms with Crippen molar-refractivity contribution in [1.82, 2.24) is 10.2 Å². The second-order valence-electron chi connectivity index (χ2n) is 10.4. The van der Waals surface area contributed by atoms with Gasteiger partial charge in [-0.15, -0.1) is 0 Å². The van der Waals surface area contributed by atoms with Gasteiger partial charge in [-0.05, 0) is 75.1 Å². The molecule has 0 aliphatic rings. The van der Waals surface area contributed by atoms with Crippen molar-refractivity contribution in [2.75, 3.05) is 31.6 Å². The van der Waals surface area contributed by atoms with Crippen molar-refractivity contribution < 1.29 is 27.5 Å². The van der Waals surface area contributed by atoms with Gasteiger partial charge in [-0.3, -0.25) is 13.9 Å². The van der Waals surface area contributed by atoms with Crippen LogP contribution in [-0.4, -0.2) is 58.5 Å². The van der Waals surface area contributed by atoms with Gasteiger partial charge >= 0.3 is 0 Å². The second-order valence-corrected chi connectivity index (χ2v) is 12.2. The third kappa shape index (κ3) is 7.82. The largest absolute Gasteiger partial charge is 0.493 e. The Morgan fingerprint density at radius 3 is 2.14 bits per heavy atom. The van der Waals surface area contributed by atoms with Crippen molar-refractivity contribution in [3.05, 3.63) is 82.9 Å². The molecule has 1 atom stereocenters. The summed E-state index contributed by atoms with van der Waals surface area (Å²) in [6.07, 6.45) is 0.744. The van der Waals surface area contributed by atoms with Gasteiger partial charge in [-0.25, -0.2) is 8.42 Å². The van der Waals surface area contributed by atoms with Crippen LogP contribution in [-0.2, 0) is 26.2 Å². The van der Waals surface area contributed by atoms with Gasteiger partial charge in [0.1, 0.15) is 12.6 Å². The molecule has 0 spiro atoms. The SMILES string of the molecule is CCCNC(=O)C(C)N(Cc1cccc(C)c1)C(=O)CN(c1cc(C)cc(C)c1)S(=O)(=O)c1ccc(OC)c(OC)c1. The van der Waals surface area contributed by atoms with Gasteiger partial charge < -0.3 is 19.7 Å². The normalized spacial score (nSPS) is 11.9. The average Bonchev–Trinajstić information content (AvgIpc) is 2.95. The Hall–Kier alpha value is -4.05. The number of carbonyl (C=O) groups excluding carboxylic acids is 2. The van der Waals surface area contributed by atoms with Gasteiger partial charge in [0.25, 0.3) is 10.0 Å². The summed E-state index contributed by atoms with van der Waals surface area (Å²) in [6, 6.07) is 16.5. The number of benzene rings is 3. The highest BCUT2D eigenvalue weighted by atomic mass is 32.2. The van der Waals surface area contributed by atoms with Crippen molar-refractivity contribution in [3.63, 3.8) is 0 Å². The topological polar surface area (TPSA) is 105 Å². The second kappa shape index (κ2) is 14.2. The van der Waals surface area contributed by atoms with Crippen molar-refractivity contribution in [2.24, 2.45) is 0 Å². The standard InChI is InChI=1S/C32H41N3O6S/c1-8-14-33-32(37)25(5)34(20-26-11-9-10-22(2)16-26)31(36)21-35(27-17-23(3)15-24(4)18-27)42(38,39)28-12-13-29(40-6)30(19-28)41-7/h9-13,15-19,25H,8,14,20-21H2,1-7H3,(H,33,37). The predicted octanol–water partition coefficient (Wildman–Crippen LogP) is 4.77. The number of hydrogen-bond acceptors (Lipinski definition) is 6. The molecule has 226 valence electrons. The average molecular weight is 596 g/mol. The molecular weight excluding hydrogens is 554 g/mol. The van der Waals surface area contributed by atoms with Crippen LogP contribution in [0.15, 0.2) is 65.6 Å². The lowest BCUT2D eigenvalue weighted by atomic mass is 10.1. The highest BCUT2D eigenvalue weighted by Gasteiger charge is 2.33. The number of aryl methyl sites for hydroxylation is 3. The first-order valence-electron chi connectivity index (χ1n) is 13.9. The smallest absolute Gasteiger partial charge is 0.264 e. The first-order valence-corrected chi connectivity index (χ1v) is 15.3. The number of nitrogens with zero attached hydrogens (tertiary/aromatic N) is 2. The van der Waals surface area contributed by atoms with Crippen molar-refractivity contribution in [3.8, 4) is 11.5 Å². The maximum atomic E-state index is 14.2. The number of rotatable bonds is 13. The molecule has 1 unspecified atom stereocenters. The number of nitrogens with one attached hydrogen (secondary N) is 1. The lowest BCUT2D eigenvalue weighted by Gasteiger charge is -2.32. The minimum absolute atomic E-state index is 0.0638. The molecule has 0 aromatic heterocycles. The summed E-state index contributed by atoms with van der Waals surface area (Å²) in [5, 5.41) is 2.85. The third-order valence-corrected chi connectivity index (χ3v) is 8.64. The van der Waals surface area contributed by atoms with Crippen LogP contribution in [0.1, 0.15) is 42.5 Å². The lowest BCUT2D eigenvalue weighted by molar-refractivity contribution is -0.139.